The van der Waals surface area contributed by atoms with Crippen LogP contribution in [0.5, 0.6) is 0 Å². The zero-order chi connectivity index (χ0) is 24.0. The first-order chi connectivity index (χ1) is 15.8. The number of halogens is 2. The van der Waals surface area contributed by atoms with E-state index in [2.05, 4.69) is 10.6 Å². The number of nitrogens with zero attached hydrogens (tertiary/aromatic N) is 2. The Morgan fingerprint density at radius 2 is 1.91 bits per heavy atom. The number of hydrogen-bond acceptors (Lipinski definition) is 5. The summed E-state index contributed by atoms with van der Waals surface area (Å²) in [5, 5.41) is 7.08. The average Bonchev–Trinajstić information content (AvgIpc) is 2.76. The van der Waals surface area contributed by atoms with Crippen LogP contribution in [0.15, 0.2) is 42.5 Å². The van der Waals surface area contributed by atoms with E-state index in [-0.39, 0.29) is 23.9 Å². The van der Waals surface area contributed by atoms with Crippen molar-refractivity contribution < 1.29 is 14.3 Å². The first kappa shape index (κ1) is 25.3. The molecule has 0 saturated heterocycles. The Labute approximate surface area is 205 Å². The second-order valence-electron chi connectivity index (χ2n) is 8.15. The number of amides is 2. The van der Waals surface area contributed by atoms with Crippen LogP contribution in [0.1, 0.15) is 42.2 Å². The van der Waals surface area contributed by atoms with Crippen molar-refractivity contribution in [3.05, 3.63) is 58.6 Å². The van der Waals surface area contributed by atoms with Crippen LogP contribution in [0.25, 0.3) is 0 Å². The summed E-state index contributed by atoms with van der Waals surface area (Å²) >= 11 is 11.8. The lowest BCUT2D eigenvalue weighted by Gasteiger charge is -2.39. The molecule has 2 amide bonds. The van der Waals surface area contributed by atoms with Gasteiger partial charge in [-0.1, -0.05) is 11.6 Å². The number of likely N-dealkylation sites (N-methyl/N-ethyl adjacent to an activating group) is 1. The van der Waals surface area contributed by atoms with Crippen LogP contribution in [0.4, 0.5) is 11.4 Å². The van der Waals surface area contributed by atoms with Crippen molar-refractivity contribution in [2.24, 2.45) is 0 Å². The average molecular weight is 493 g/mol. The van der Waals surface area contributed by atoms with Gasteiger partial charge in [0.25, 0.3) is 5.91 Å². The Hall–Kier alpha value is -2.32. The maximum Gasteiger partial charge on any atom is 0.251 e. The highest BCUT2D eigenvalue weighted by atomic mass is 35.5. The second-order valence-corrected chi connectivity index (χ2v) is 9.16. The third kappa shape index (κ3) is 6.84. The van der Waals surface area contributed by atoms with Crippen molar-refractivity contribution in [3.8, 4) is 0 Å². The highest BCUT2D eigenvalue weighted by Crippen LogP contribution is 2.39. The number of benzene rings is 2. The summed E-state index contributed by atoms with van der Waals surface area (Å²) in [4.78, 5) is 26.9. The molecule has 7 nitrogen and oxygen atoms in total. The molecule has 1 aliphatic heterocycles. The molecule has 33 heavy (non-hydrogen) atoms. The molecule has 9 heteroatoms. The maximum absolute atomic E-state index is 12.7. The monoisotopic (exact) mass is 492 g/mol. The van der Waals surface area contributed by atoms with Crippen LogP contribution < -0.4 is 15.5 Å². The standard InChI is InChI=1S/C24H30Cl2N4O3/c1-16-14-22(28-20-7-5-19(25)6-8-20)21-15-18(4-9-23(21)30(16)17(2)31)24(32)27-10-12-33-13-11-29(3)26/h4-9,15-16,22,28H,10-14H2,1-3H3,(H,27,32)/t16-,22+/m0/s1. The van der Waals surface area contributed by atoms with Gasteiger partial charge in [0.05, 0.1) is 19.3 Å². The normalized spacial score (nSPS) is 17.6. The smallest absolute Gasteiger partial charge is 0.251 e. The van der Waals surface area contributed by atoms with E-state index in [0.29, 0.717) is 43.3 Å². The quantitative estimate of drug-likeness (QED) is 0.399. The number of hydrogen-bond donors (Lipinski definition) is 2. The van der Waals surface area contributed by atoms with Crippen LogP contribution >= 0.6 is 23.4 Å². The fourth-order valence-electron chi connectivity index (χ4n) is 4.00. The molecule has 2 aromatic rings. The topological polar surface area (TPSA) is 73.9 Å². The summed E-state index contributed by atoms with van der Waals surface area (Å²) in [6.07, 6.45) is 0.711. The summed E-state index contributed by atoms with van der Waals surface area (Å²) in [7, 11) is 1.76. The van der Waals surface area contributed by atoms with Crippen LogP contribution in [-0.4, -0.2) is 55.6 Å². The molecule has 0 spiro atoms. The predicted octanol–water partition coefficient (Wildman–Crippen LogP) is 4.47. The summed E-state index contributed by atoms with van der Waals surface area (Å²) < 4.78 is 6.98. The van der Waals surface area contributed by atoms with E-state index in [4.69, 9.17) is 28.1 Å². The zero-order valence-electron chi connectivity index (χ0n) is 19.1. The molecule has 0 aliphatic carbocycles. The van der Waals surface area contributed by atoms with E-state index in [9.17, 15) is 9.59 Å². The second kappa shape index (κ2) is 11.7. The zero-order valence-corrected chi connectivity index (χ0v) is 20.6. The molecule has 2 N–H and O–H groups in total. The number of fused-ring (bicyclic) bond motifs is 1. The van der Waals surface area contributed by atoms with Gasteiger partial charge >= 0.3 is 0 Å². The van der Waals surface area contributed by atoms with Gasteiger partial charge in [-0.05, 0) is 73.1 Å². The molecule has 1 heterocycles. The van der Waals surface area contributed by atoms with Gasteiger partial charge in [-0.3, -0.25) is 9.59 Å². The van der Waals surface area contributed by atoms with E-state index < -0.39 is 0 Å². The van der Waals surface area contributed by atoms with Crippen LogP contribution in [0.2, 0.25) is 5.02 Å². The Morgan fingerprint density at radius 3 is 2.58 bits per heavy atom. The van der Waals surface area contributed by atoms with Crippen LogP contribution in [0, 0.1) is 0 Å². The Bertz CT molecular complexity index is 969. The molecular formula is C24H30Cl2N4O3. The fraction of sp³-hybridized carbons (Fsp3) is 0.417. The highest BCUT2D eigenvalue weighted by Gasteiger charge is 2.33. The summed E-state index contributed by atoms with van der Waals surface area (Å²) in [6, 6.07) is 12.9. The molecule has 2 aromatic carbocycles. The fourth-order valence-corrected chi connectivity index (χ4v) is 4.20. The number of rotatable bonds is 9. The minimum atomic E-state index is -0.186. The van der Waals surface area contributed by atoms with Crippen LogP contribution in [-0.2, 0) is 9.53 Å². The molecule has 2 atom stereocenters. The molecule has 0 fully saturated rings. The molecule has 1 aliphatic rings. The van der Waals surface area contributed by atoms with E-state index in [1.807, 2.05) is 43.3 Å². The third-order valence-corrected chi connectivity index (χ3v) is 5.96. The Kier molecular flexibility index (Phi) is 8.97. The third-order valence-electron chi connectivity index (χ3n) is 5.54. The molecule has 0 unspecified atom stereocenters. The van der Waals surface area contributed by atoms with E-state index >= 15 is 0 Å². The minimum Gasteiger partial charge on any atom is -0.378 e. The molecule has 0 aromatic heterocycles. The number of anilines is 2. The van der Waals surface area contributed by atoms with Gasteiger partial charge in [-0.2, -0.15) is 0 Å². The lowest BCUT2D eigenvalue weighted by atomic mass is 9.90. The van der Waals surface area contributed by atoms with Crippen LogP contribution in [0.3, 0.4) is 0 Å². The summed E-state index contributed by atoms with van der Waals surface area (Å²) in [6.45, 7) is 5.49. The van der Waals surface area contributed by atoms with E-state index in [1.54, 1.807) is 24.9 Å². The number of nitrogens with one attached hydrogen (secondary N) is 2. The maximum atomic E-state index is 12.7. The lowest BCUT2D eigenvalue weighted by molar-refractivity contribution is -0.117. The van der Waals surface area contributed by atoms with Gasteiger partial charge in [0.2, 0.25) is 5.91 Å². The number of carbonyl (C=O) groups is 2. The summed E-state index contributed by atoms with van der Waals surface area (Å²) in [5.74, 6) is -0.209. The SMILES string of the molecule is CC(=O)N1c2ccc(C(=O)NCCOCCN(C)Cl)cc2[C@H](Nc2ccc(Cl)cc2)C[C@@H]1C. The van der Waals surface area contributed by atoms with Crippen molar-refractivity contribution in [2.75, 3.05) is 43.6 Å². The molecule has 0 radical (unpaired) electrons. The van der Waals surface area contributed by atoms with Crippen molar-refractivity contribution in [1.82, 2.24) is 9.74 Å². The largest absolute Gasteiger partial charge is 0.378 e. The molecule has 0 saturated carbocycles. The number of ether oxygens (including phenoxy) is 1. The molecule has 0 bridgehead atoms. The highest BCUT2D eigenvalue weighted by molar-refractivity contribution is 6.30. The molecule has 178 valence electrons. The molecular weight excluding hydrogens is 463 g/mol. The first-order valence-corrected chi connectivity index (χ1v) is 11.7. The number of carbonyl (C=O) groups excluding carboxylic acids is 2. The van der Waals surface area contributed by atoms with Crippen molar-refractivity contribution in [1.29, 1.82) is 0 Å². The van der Waals surface area contributed by atoms with E-state index in [0.717, 1.165) is 16.9 Å². The van der Waals surface area contributed by atoms with Gasteiger partial charge in [0.15, 0.2) is 0 Å². The lowest BCUT2D eigenvalue weighted by Crippen LogP contribution is -2.43. The summed E-state index contributed by atoms with van der Waals surface area (Å²) in [5.41, 5.74) is 3.19. The van der Waals surface area contributed by atoms with Gasteiger partial charge in [-0.25, -0.2) is 4.42 Å². The molecule has 3 rings (SSSR count). The van der Waals surface area contributed by atoms with Gasteiger partial charge in [0, 0.05) is 55.1 Å². The van der Waals surface area contributed by atoms with Gasteiger partial charge in [-0.15, -0.1) is 0 Å². The van der Waals surface area contributed by atoms with Crippen molar-refractivity contribution >= 4 is 46.6 Å². The minimum absolute atomic E-state index is 0.0173. The predicted molar refractivity (Wildman–Crippen MR) is 133 cm³/mol. The van der Waals surface area contributed by atoms with Gasteiger partial charge in [0.1, 0.15) is 0 Å². The Morgan fingerprint density at radius 1 is 1.18 bits per heavy atom. The van der Waals surface area contributed by atoms with Gasteiger partial charge < -0.3 is 20.3 Å². The Balaban J connectivity index is 1.75. The van der Waals surface area contributed by atoms with Crippen molar-refractivity contribution in [2.45, 2.75) is 32.4 Å². The van der Waals surface area contributed by atoms with E-state index in [1.165, 1.54) is 4.42 Å². The van der Waals surface area contributed by atoms with Crippen molar-refractivity contribution in [3.63, 3.8) is 0 Å². The first-order valence-electron chi connectivity index (χ1n) is 10.9.